The molecule has 0 aromatic heterocycles. The topological polar surface area (TPSA) is 63.3 Å². The van der Waals surface area contributed by atoms with E-state index in [2.05, 4.69) is 27.2 Å². The molecule has 1 N–H and O–H groups in total. The SMILES string of the molecule is O=C(CC1CCCO1)NC1CCC(CCN2CCN(c3cccc4c3OCO4)CC2)CC1. The van der Waals surface area contributed by atoms with Crippen LogP contribution in [0.5, 0.6) is 11.5 Å². The predicted molar refractivity (Wildman–Crippen MR) is 123 cm³/mol. The predicted octanol–water partition coefficient (Wildman–Crippen LogP) is 3.17. The lowest BCUT2D eigenvalue weighted by Gasteiger charge is -2.37. The fourth-order valence-electron chi connectivity index (χ4n) is 5.64. The number of ether oxygens (including phenoxy) is 3. The van der Waals surface area contributed by atoms with E-state index in [-0.39, 0.29) is 12.0 Å². The van der Waals surface area contributed by atoms with Crippen LogP contribution in [0.15, 0.2) is 18.2 Å². The molecule has 32 heavy (non-hydrogen) atoms. The van der Waals surface area contributed by atoms with Gasteiger partial charge in [0.05, 0.1) is 18.2 Å². The Balaban J connectivity index is 0.988. The van der Waals surface area contributed by atoms with Gasteiger partial charge in [-0.15, -0.1) is 0 Å². The van der Waals surface area contributed by atoms with E-state index in [0.717, 1.165) is 75.9 Å². The summed E-state index contributed by atoms with van der Waals surface area (Å²) in [4.78, 5) is 17.3. The molecular formula is C25H37N3O4. The van der Waals surface area contributed by atoms with Crippen LogP contribution in [-0.2, 0) is 9.53 Å². The number of rotatable bonds is 7. The summed E-state index contributed by atoms with van der Waals surface area (Å²) in [5, 5.41) is 3.26. The molecule has 1 aromatic carbocycles. The molecule has 0 radical (unpaired) electrons. The maximum Gasteiger partial charge on any atom is 0.231 e. The minimum atomic E-state index is 0.149. The largest absolute Gasteiger partial charge is 0.454 e. The number of hydrogen-bond acceptors (Lipinski definition) is 6. The third-order valence-corrected chi connectivity index (χ3v) is 7.59. The third kappa shape index (κ3) is 5.31. The number of anilines is 1. The third-order valence-electron chi connectivity index (χ3n) is 7.59. The van der Waals surface area contributed by atoms with Crippen molar-refractivity contribution in [3.63, 3.8) is 0 Å². The quantitative estimate of drug-likeness (QED) is 0.699. The molecular weight excluding hydrogens is 406 g/mol. The van der Waals surface area contributed by atoms with Crippen molar-refractivity contribution in [1.29, 1.82) is 0 Å². The molecule has 1 aliphatic carbocycles. The normalized spacial score (nSPS) is 28.1. The van der Waals surface area contributed by atoms with Crippen LogP contribution < -0.4 is 19.7 Å². The Morgan fingerprint density at radius 2 is 1.88 bits per heavy atom. The van der Waals surface area contributed by atoms with Gasteiger partial charge in [-0.2, -0.15) is 0 Å². The lowest BCUT2D eigenvalue weighted by Crippen LogP contribution is -2.47. The first kappa shape index (κ1) is 21.8. The first-order valence-electron chi connectivity index (χ1n) is 12.5. The molecule has 3 aliphatic heterocycles. The average Bonchev–Trinajstić information content (AvgIpc) is 3.51. The Morgan fingerprint density at radius 1 is 1.03 bits per heavy atom. The van der Waals surface area contributed by atoms with Gasteiger partial charge < -0.3 is 24.4 Å². The zero-order chi connectivity index (χ0) is 21.8. The lowest BCUT2D eigenvalue weighted by molar-refractivity contribution is -0.124. The molecule has 4 aliphatic rings. The second kappa shape index (κ2) is 10.3. The van der Waals surface area contributed by atoms with E-state index >= 15 is 0 Å². The highest BCUT2D eigenvalue weighted by Gasteiger charge is 2.27. The number of nitrogens with one attached hydrogen (secondary N) is 1. The first-order chi connectivity index (χ1) is 15.7. The monoisotopic (exact) mass is 443 g/mol. The van der Waals surface area contributed by atoms with E-state index in [9.17, 15) is 4.79 Å². The van der Waals surface area contributed by atoms with Crippen molar-refractivity contribution < 1.29 is 19.0 Å². The van der Waals surface area contributed by atoms with Crippen LogP contribution in [-0.4, -0.2) is 69.1 Å². The van der Waals surface area contributed by atoms with E-state index in [4.69, 9.17) is 14.2 Å². The number of carbonyl (C=O) groups is 1. The first-order valence-corrected chi connectivity index (χ1v) is 12.5. The van der Waals surface area contributed by atoms with Gasteiger partial charge in [-0.3, -0.25) is 9.69 Å². The summed E-state index contributed by atoms with van der Waals surface area (Å²) < 4.78 is 16.8. The van der Waals surface area contributed by atoms with Crippen molar-refractivity contribution >= 4 is 11.6 Å². The van der Waals surface area contributed by atoms with Gasteiger partial charge in [0.25, 0.3) is 0 Å². The van der Waals surface area contributed by atoms with Crippen molar-refractivity contribution in [2.75, 3.05) is 51.0 Å². The van der Waals surface area contributed by atoms with E-state index in [1.165, 1.54) is 31.5 Å². The lowest BCUT2D eigenvalue weighted by atomic mass is 9.84. The van der Waals surface area contributed by atoms with Gasteiger partial charge >= 0.3 is 0 Å². The zero-order valence-corrected chi connectivity index (χ0v) is 19.1. The Morgan fingerprint density at radius 3 is 2.66 bits per heavy atom. The summed E-state index contributed by atoms with van der Waals surface area (Å²) in [6.07, 6.45) is 8.80. The summed E-state index contributed by atoms with van der Waals surface area (Å²) in [5.41, 5.74) is 1.17. The van der Waals surface area contributed by atoms with E-state index in [0.29, 0.717) is 19.3 Å². The molecule has 1 amide bonds. The van der Waals surface area contributed by atoms with Gasteiger partial charge in [0.1, 0.15) is 0 Å². The molecule has 5 rings (SSSR count). The van der Waals surface area contributed by atoms with E-state index in [1.54, 1.807) is 0 Å². The Hall–Kier alpha value is -1.99. The van der Waals surface area contributed by atoms with Gasteiger partial charge in [0.2, 0.25) is 12.7 Å². The van der Waals surface area contributed by atoms with Gasteiger partial charge in [0.15, 0.2) is 11.5 Å². The number of amides is 1. The van der Waals surface area contributed by atoms with Crippen molar-refractivity contribution in [3.8, 4) is 11.5 Å². The Kier molecular flexibility index (Phi) is 7.03. The second-order valence-corrected chi connectivity index (χ2v) is 9.75. The van der Waals surface area contributed by atoms with Gasteiger partial charge in [-0.05, 0) is 69.5 Å². The minimum Gasteiger partial charge on any atom is -0.454 e. The van der Waals surface area contributed by atoms with Crippen molar-refractivity contribution in [3.05, 3.63) is 18.2 Å². The highest BCUT2D eigenvalue weighted by Crippen LogP contribution is 2.41. The summed E-state index contributed by atoms with van der Waals surface area (Å²) in [7, 11) is 0. The van der Waals surface area contributed by atoms with Crippen molar-refractivity contribution in [2.24, 2.45) is 5.92 Å². The molecule has 1 atom stereocenters. The molecule has 1 aromatic rings. The van der Waals surface area contributed by atoms with E-state index in [1.807, 2.05) is 6.07 Å². The highest BCUT2D eigenvalue weighted by molar-refractivity contribution is 5.76. The number of benzene rings is 1. The second-order valence-electron chi connectivity index (χ2n) is 9.75. The fraction of sp³-hybridized carbons (Fsp3) is 0.720. The number of nitrogens with zero attached hydrogens (tertiary/aromatic N) is 2. The average molecular weight is 444 g/mol. The smallest absolute Gasteiger partial charge is 0.231 e. The van der Waals surface area contributed by atoms with Crippen LogP contribution >= 0.6 is 0 Å². The van der Waals surface area contributed by atoms with E-state index < -0.39 is 0 Å². The summed E-state index contributed by atoms with van der Waals surface area (Å²) in [6.45, 7) is 6.58. The number of fused-ring (bicyclic) bond motifs is 1. The molecule has 2 saturated heterocycles. The highest BCUT2D eigenvalue weighted by atomic mass is 16.7. The molecule has 7 heteroatoms. The molecule has 0 spiro atoms. The molecule has 176 valence electrons. The molecule has 1 unspecified atom stereocenters. The van der Waals surface area contributed by atoms with Crippen molar-refractivity contribution in [1.82, 2.24) is 10.2 Å². The number of carbonyl (C=O) groups excluding carboxylic acids is 1. The molecule has 1 saturated carbocycles. The number of hydrogen-bond donors (Lipinski definition) is 1. The number of para-hydroxylation sites is 1. The van der Waals surface area contributed by atoms with Crippen LogP contribution in [0.2, 0.25) is 0 Å². The summed E-state index contributed by atoms with van der Waals surface area (Å²) in [5.74, 6) is 2.74. The summed E-state index contributed by atoms with van der Waals surface area (Å²) >= 11 is 0. The Bertz CT molecular complexity index is 766. The standard InChI is InChI=1S/C25H37N3O4/c29-24(17-21-3-2-16-30-21)26-20-8-6-19(7-9-20)10-11-27-12-14-28(15-13-27)22-4-1-5-23-25(22)32-18-31-23/h1,4-5,19-21H,2-3,6-18H2,(H,26,29). The van der Waals surface area contributed by atoms with Gasteiger partial charge in [0, 0.05) is 38.8 Å². The van der Waals surface area contributed by atoms with Crippen LogP contribution in [0.4, 0.5) is 5.69 Å². The molecule has 3 heterocycles. The Labute approximate surface area is 191 Å². The molecule has 0 bridgehead atoms. The molecule has 3 fully saturated rings. The maximum atomic E-state index is 12.3. The van der Waals surface area contributed by atoms with Crippen LogP contribution in [0, 0.1) is 5.92 Å². The fourth-order valence-corrected chi connectivity index (χ4v) is 5.64. The maximum absolute atomic E-state index is 12.3. The number of piperazine rings is 1. The van der Waals surface area contributed by atoms with Crippen molar-refractivity contribution in [2.45, 2.75) is 63.5 Å². The molecule has 7 nitrogen and oxygen atoms in total. The van der Waals surface area contributed by atoms with Crippen LogP contribution in [0.25, 0.3) is 0 Å². The van der Waals surface area contributed by atoms with Crippen LogP contribution in [0.3, 0.4) is 0 Å². The minimum absolute atomic E-state index is 0.149. The zero-order valence-electron chi connectivity index (χ0n) is 19.1. The van der Waals surface area contributed by atoms with Gasteiger partial charge in [-0.25, -0.2) is 0 Å². The van der Waals surface area contributed by atoms with Gasteiger partial charge in [-0.1, -0.05) is 6.07 Å². The summed E-state index contributed by atoms with van der Waals surface area (Å²) in [6, 6.07) is 6.53. The van der Waals surface area contributed by atoms with Crippen LogP contribution in [0.1, 0.15) is 51.4 Å².